The van der Waals surface area contributed by atoms with E-state index in [0.717, 1.165) is 4.47 Å². The van der Waals surface area contributed by atoms with Crippen LogP contribution in [-0.2, 0) is 7.05 Å². The van der Waals surface area contributed by atoms with Crippen LogP contribution in [0.2, 0.25) is 0 Å². The molecule has 0 aliphatic carbocycles. The van der Waals surface area contributed by atoms with Gasteiger partial charge in [0.15, 0.2) is 0 Å². The van der Waals surface area contributed by atoms with Crippen molar-refractivity contribution >= 4 is 59.3 Å². The molecule has 0 saturated heterocycles. The van der Waals surface area contributed by atoms with E-state index < -0.39 is 0 Å². The third kappa shape index (κ3) is 3.14. The summed E-state index contributed by atoms with van der Waals surface area (Å²) in [5, 5.41) is 7.87. The molecule has 0 aliphatic rings. The minimum atomic E-state index is 1.10. The van der Waals surface area contributed by atoms with Crippen LogP contribution >= 0.6 is 15.9 Å². The Balaban J connectivity index is 1.52. The predicted octanol–water partition coefficient (Wildman–Crippen LogP) is 9.73. The molecule has 0 saturated carbocycles. The smallest absolute Gasteiger partial charge is 0.0574 e. The van der Waals surface area contributed by atoms with E-state index in [1.807, 2.05) is 0 Å². The quantitative estimate of drug-likeness (QED) is 0.203. The fourth-order valence-corrected chi connectivity index (χ4v) is 5.86. The number of hydrogen-bond donors (Lipinski definition) is 0. The first kappa shape index (κ1) is 20.5. The van der Waals surface area contributed by atoms with Crippen LogP contribution in [-0.4, -0.2) is 4.57 Å². The molecule has 0 unspecified atom stereocenters. The average molecular weight is 512 g/mol. The van der Waals surface area contributed by atoms with Crippen molar-refractivity contribution < 1.29 is 0 Å². The zero-order chi connectivity index (χ0) is 23.5. The molecule has 0 fully saturated rings. The van der Waals surface area contributed by atoms with Gasteiger partial charge in [-0.15, -0.1) is 0 Å². The van der Waals surface area contributed by atoms with Crippen LogP contribution in [0, 0.1) is 0 Å². The lowest BCUT2D eigenvalue weighted by Gasteiger charge is -2.09. The van der Waals surface area contributed by atoms with E-state index in [1.165, 1.54) is 65.6 Å². The van der Waals surface area contributed by atoms with Gasteiger partial charge in [-0.3, -0.25) is 0 Å². The summed E-state index contributed by atoms with van der Waals surface area (Å²) in [4.78, 5) is 0. The number of aromatic nitrogens is 1. The maximum Gasteiger partial charge on any atom is 0.0574 e. The zero-order valence-electron chi connectivity index (χ0n) is 19.3. The maximum atomic E-state index is 3.54. The van der Waals surface area contributed by atoms with E-state index in [2.05, 4.69) is 143 Å². The first-order valence-corrected chi connectivity index (χ1v) is 12.7. The fourth-order valence-electron chi connectivity index (χ4n) is 5.59. The minimum absolute atomic E-state index is 1.10. The highest BCUT2D eigenvalue weighted by Crippen LogP contribution is 2.41. The molecule has 7 rings (SSSR count). The number of hydrogen-bond acceptors (Lipinski definition) is 0. The summed E-state index contributed by atoms with van der Waals surface area (Å²) < 4.78 is 3.46. The third-order valence-corrected chi connectivity index (χ3v) is 7.77. The summed E-state index contributed by atoms with van der Waals surface area (Å²) in [6.45, 7) is 0. The molecule has 6 aromatic carbocycles. The molecule has 1 aromatic heterocycles. The molecule has 7 aromatic rings. The van der Waals surface area contributed by atoms with Crippen LogP contribution in [0.4, 0.5) is 0 Å². The molecule has 1 nitrogen and oxygen atoms in total. The Morgan fingerprint density at radius 3 is 1.80 bits per heavy atom. The minimum Gasteiger partial charge on any atom is -0.343 e. The zero-order valence-corrected chi connectivity index (χ0v) is 20.9. The van der Waals surface area contributed by atoms with Gasteiger partial charge in [-0.25, -0.2) is 0 Å². The van der Waals surface area contributed by atoms with Gasteiger partial charge in [-0.2, -0.15) is 0 Å². The first-order valence-electron chi connectivity index (χ1n) is 11.9. The van der Waals surface area contributed by atoms with Crippen molar-refractivity contribution in [2.75, 3.05) is 0 Å². The van der Waals surface area contributed by atoms with E-state index in [-0.39, 0.29) is 0 Å². The fraction of sp³-hybridized carbons (Fsp3) is 0.0303. The number of nitrogens with zero attached hydrogens (tertiary/aromatic N) is 1. The van der Waals surface area contributed by atoms with Gasteiger partial charge in [0.1, 0.15) is 0 Å². The average Bonchev–Trinajstić information content (AvgIpc) is 3.21. The summed E-state index contributed by atoms with van der Waals surface area (Å²) >= 11 is 3.54. The van der Waals surface area contributed by atoms with Gasteiger partial charge in [-0.1, -0.05) is 101 Å². The molecule has 0 radical (unpaired) electrons. The van der Waals surface area contributed by atoms with Gasteiger partial charge in [0.25, 0.3) is 0 Å². The highest BCUT2D eigenvalue weighted by molar-refractivity contribution is 9.10. The summed E-state index contributed by atoms with van der Waals surface area (Å²) in [6, 6.07) is 41.9. The molecule has 0 N–H and O–H groups in total. The third-order valence-electron chi connectivity index (χ3n) is 7.24. The van der Waals surface area contributed by atoms with Gasteiger partial charge in [-0.05, 0) is 68.7 Å². The predicted molar refractivity (Wildman–Crippen MR) is 154 cm³/mol. The SMILES string of the molecule is Cn1c2ccc(-c3cccc(-c4ccc(Br)cc4)c3)cc2c2c3ccccc3c3ccccc3c21. The standard InChI is InChI=1S/C33H22BrN/c1-35-31-18-15-24(23-8-6-7-22(19-23)21-13-16-25(34)17-14-21)20-30(31)32-28-11-4-2-9-26(28)27-10-3-5-12-29(27)33(32)35/h2-20H,1H3. The maximum absolute atomic E-state index is 3.54. The van der Waals surface area contributed by atoms with Gasteiger partial charge in [0.2, 0.25) is 0 Å². The molecule has 0 amide bonds. The van der Waals surface area contributed by atoms with E-state index in [4.69, 9.17) is 0 Å². The van der Waals surface area contributed by atoms with Gasteiger partial charge >= 0.3 is 0 Å². The lowest BCUT2D eigenvalue weighted by Crippen LogP contribution is -1.89. The van der Waals surface area contributed by atoms with Crippen LogP contribution in [0.25, 0.3) is 65.6 Å². The molecule has 2 heteroatoms. The monoisotopic (exact) mass is 511 g/mol. The van der Waals surface area contributed by atoms with Crippen molar-refractivity contribution in [1.82, 2.24) is 4.57 Å². The van der Waals surface area contributed by atoms with Crippen LogP contribution in [0.1, 0.15) is 0 Å². The Labute approximate surface area is 212 Å². The molecular formula is C33H22BrN. The second-order valence-corrected chi connectivity index (χ2v) is 10.1. The number of benzene rings is 6. The van der Waals surface area contributed by atoms with Crippen molar-refractivity contribution in [3.05, 3.63) is 120 Å². The van der Waals surface area contributed by atoms with Gasteiger partial charge in [0.05, 0.1) is 5.52 Å². The number of rotatable bonds is 2. The van der Waals surface area contributed by atoms with E-state index in [1.54, 1.807) is 0 Å². The topological polar surface area (TPSA) is 4.93 Å². The summed E-state index contributed by atoms with van der Waals surface area (Å²) in [6.07, 6.45) is 0. The Morgan fingerprint density at radius 2 is 1.06 bits per heavy atom. The summed E-state index contributed by atoms with van der Waals surface area (Å²) in [5.41, 5.74) is 7.48. The van der Waals surface area contributed by atoms with Crippen molar-refractivity contribution in [2.24, 2.45) is 7.05 Å². The van der Waals surface area contributed by atoms with Crippen LogP contribution in [0.3, 0.4) is 0 Å². The van der Waals surface area contributed by atoms with E-state index in [9.17, 15) is 0 Å². The van der Waals surface area contributed by atoms with Gasteiger partial charge < -0.3 is 4.57 Å². The first-order chi connectivity index (χ1) is 17.2. The van der Waals surface area contributed by atoms with Crippen molar-refractivity contribution in [1.29, 1.82) is 0 Å². The Morgan fingerprint density at radius 1 is 0.486 bits per heavy atom. The number of fused-ring (bicyclic) bond motifs is 8. The molecule has 0 bridgehead atoms. The molecule has 35 heavy (non-hydrogen) atoms. The Hall–Kier alpha value is -3.88. The van der Waals surface area contributed by atoms with Crippen molar-refractivity contribution in [2.45, 2.75) is 0 Å². The Bertz CT molecular complexity index is 1910. The number of aryl methyl sites for hydroxylation is 1. The molecule has 0 atom stereocenters. The number of halogens is 1. The van der Waals surface area contributed by atoms with Crippen LogP contribution in [0.5, 0.6) is 0 Å². The van der Waals surface area contributed by atoms with Gasteiger partial charge in [0, 0.05) is 33.2 Å². The molecular weight excluding hydrogens is 490 g/mol. The summed E-state index contributed by atoms with van der Waals surface area (Å²) in [5.74, 6) is 0. The lowest BCUT2D eigenvalue weighted by atomic mass is 9.95. The molecule has 1 heterocycles. The van der Waals surface area contributed by atoms with Crippen molar-refractivity contribution in [3.63, 3.8) is 0 Å². The molecule has 0 aliphatic heterocycles. The van der Waals surface area contributed by atoms with E-state index >= 15 is 0 Å². The second-order valence-electron chi connectivity index (χ2n) is 9.19. The van der Waals surface area contributed by atoms with Crippen LogP contribution in [0.15, 0.2) is 120 Å². The molecule has 0 spiro atoms. The lowest BCUT2D eigenvalue weighted by molar-refractivity contribution is 1.02. The molecule has 166 valence electrons. The highest BCUT2D eigenvalue weighted by Gasteiger charge is 2.16. The van der Waals surface area contributed by atoms with E-state index in [0.29, 0.717) is 0 Å². The van der Waals surface area contributed by atoms with Crippen LogP contribution < -0.4 is 0 Å². The largest absolute Gasteiger partial charge is 0.343 e. The normalized spacial score (nSPS) is 11.7. The Kier molecular flexibility index (Phi) is 4.58. The summed E-state index contributed by atoms with van der Waals surface area (Å²) in [7, 11) is 2.19. The highest BCUT2D eigenvalue weighted by atomic mass is 79.9. The second kappa shape index (κ2) is 7.83. The van der Waals surface area contributed by atoms with Crippen molar-refractivity contribution in [3.8, 4) is 22.3 Å².